The Bertz CT molecular complexity index is 1500. The molecule has 4 aromatic heterocycles. The smallest absolute Gasteiger partial charge is 0.178 e. The lowest BCUT2D eigenvalue weighted by atomic mass is 10.0. The van der Waals surface area contributed by atoms with Crippen molar-refractivity contribution >= 4 is 27.6 Å². The highest BCUT2D eigenvalue weighted by molar-refractivity contribution is 5.96. The van der Waals surface area contributed by atoms with Crippen LogP contribution in [0, 0.1) is 5.82 Å². The number of aromatic nitrogens is 6. The minimum Gasteiger partial charge on any atom is -0.508 e. The first-order valence-corrected chi connectivity index (χ1v) is 10.2. The molecule has 0 saturated carbocycles. The fourth-order valence-corrected chi connectivity index (χ4v) is 4.12. The van der Waals surface area contributed by atoms with Crippen LogP contribution in [0.4, 0.5) is 4.39 Å². The van der Waals surface area contributed by atoms with Gasteiger partial charge in [0.05, 0.1) is 22.9 Å². The van der Waals surface area contributed by atoms with Gasteiger partial charge in [-0.2, -0.15) is 5.10 Å². The summed E-state index contributed by atoms with van der Waals surface area (Å²) in [6.45, 7) is 1.76. The van der Waals surface area contributed by atoms with Crippen molar-refractivity contribution in [2.45, 2.75) is 6.42 Å². The summed E-state index contributed by atoms with van der Waals surface area (Å²) in [6, 6.07) is 7.72. The van der Waals surface area contributed by atoms with E-state index in [2.05, 4.69) is 41.5 Å². The van der Waals surface area contributed by atoms with Gasteiger partial charge in [0.25, 0.3) is 0 Å². The van der Waals surface area contributed by atoms with Gasteiger partial charge in [0, 0.05) is 29.8 Å². The van der Waals surface area contributed by atoms with Gasteiger partial charge in [-0.1, -0.05) is 6.08 Å². The predicted octanol–water partition coefficient (Wildman–Crippen LogP) is 3.78. The van der Waals surface area contributed by atoms with Crippen LogP contribution in [-0.2, 0) is 0 Å². The molecule has 5 aromatic rings. The summed E-state index contributed by atoms with van der Waals surface area (Å²) in [5, 5.41) is 21.5. The van der Waals surface area contributed by atoms with E-state index < -0.39 is 5.82 Å². The molecule has 0 bridgehead atoms. The Balaban J connectivity index is 1.49. The molecular weight excluding hydrogens is 409 g/mol. The number of nitrogens with one attached hydrogen (secondary N) is 3. The molecule has 4 N–H and O–H groups in total. The maximum absolute atomic E-state index is 13.9. The second-order valence-electron chi connectivity index (χ2n) is 7.71. The van der Waals surface area contributed by atoms with Crippen molar-refractivity contribution in [1.29, 1.82) is 0 Å². The summed E-state index contributed by atoms with van der Waals surface area (Å²) >= 11 is 0. The normalized spacial score (nSPS) is 14.2. The number of pyridine rings is 2. The van der Waals surface area contributed by atoms with Crippen molar-refractivity contribution in [2.75, 3.05) is 13.1 Å². The number of nitrogens with zero attached hydrogens (tertiary/aromatic N) is 4. The van der Waals surface area contributed by atoms with E-state index in [1.165, 1.54) is 17.7 Å². The zero-order chi connectivity index (χ0) is 21.7. The minimum absolute atomic E-state index is 0.143. The molecule has 0 spiro atoms. The van der Waals surface area contributed by atoms with Gasteiger partial charge >= 0.3 is 0 Å². The summed E-state index contributed by atoms with van der Waals surface area (Å²) in [4.78, 5) is 16.8. The molecule has 158 valence electrons. The third kappa shape index (κ3) is 3.10. The average Bonchev–Trinajstić information content (AvgIpc) is 3.42. The molecule has 1 aromatic carbocycles. The molecule has 1 aliphatic heterocycles. The Kier molecular flexibility index (Phi) is 4.22. The number of hydrogen-bond donors (Lipinski definition) is 4. The molecule has 0 saturated heterocycles. The quantitative estimate of drug-likeness (QED) is 0.348. The topological polar surface area (TPSA) is 115 Å². The zero-order valence-electron chi connectivity index (χ0n) is 16.9. The number of hydrogen-bond acceptors (Lipinski definition) is 6. The van der Waals surface area contributed by atoms with E-state index in [-0.39, 0.29) is 5.75 Å². The van der Waals surface area contributed by atoms with Crippen LogP contribution in [0.15, 0.2) is 48.8 Å². The van der Waals surface area contributed by atoms with Crippen LogP contribution >= 0.6 is 0 Å². The summed E-state index contributed by atoms with van der Waals surface area (Å²) in [5.41, 5.74) is 5.92. The van der Waals surface area contributed by atoms with Crippen LogP contribution in [-0.4, -0.2) is 48.3 Å². The fourth-order valence-electron chi connectivity index (χ4n) is 4.12. The number of phenolic OH excluding ortho intramolecular Hbond substituents is 1. The van der Waals surface area contributed by atoms with Gasteiger partial charge in [-0.15, -0.1) is 0 Å². The summed E-state index contributed by atoms with van der Waals surface area (Å²) in [7, 11) is 0. The molecule has 0 unspecified atom stereocenters. The standard InChI is InChI=1S/C23H18FN7O/c24-14-7-13(8-15(32)9-14)16-3-6-26-22-20(16)28-23(29-22)21-17-10-18(12-1-4-25-5-2-12)27-11-19(17)30-31-21/h1,3,6-11,25,32H,2,4-5H2,(H,30,31)(H,26,28,29). The summed E-state index contributed by atoms with van der Waals surface area (Å²) in [6.07, 6.45) is 6.47. The van der Waals surface area contributed by atoms with Crippen LogP contribution in [0.25, 0.3) is 50.3 Å². The first-order valence-electron chi connectivity index (χ1n) is 10.2. The largest absolute Gasteiger partial charge is 0.508 e. The van der Waals surface area contributed by atoms with E-state index in [1.54, 1.807) is 18.5 Å². The number of aromatic hydroxyl groups is 1. The first kappa shape index (κ1) is 18.6. The summed E-state index contributed by atoms with van der Waals surface area (Å²) in [5.74, 6) is -0.117. The SMILES string of the molecule is Oc1cc(F)cc(-c2ccnc3nc(-c4n[nH]c5cnc(C6=CCNCC6)cc45)[nH]c23)c1. The van der Waals surface area contributed by atoms with E-state index >= 15 is 0 Å². The molecule has 0 atom stereocenters. The second-order valence-corrected chi connectivity index (χ2v) is 7.71. The van der Waals surface area contributed by atoms with Gasteiger partial charge in [-0.3, -0.25) is 10.1 Å². The van der Waals surface area contributed by atoms with Crippen molar-refractivity contribution in [3.8, 4) is 28.4 Å². The van der Waals surface area contributed by atoms with E-state index in [9.17, 15) is 9.50 Å². The van der Waals surface area contributed by atoms with Gasteiger partial charge in [0.2, 0.25) is 0 Å². The number of benzene rings is 1. The number of halogens is 1. The van der Waals surface area contributed by atoms with Crippen molar-refractivity contribution in [3.05, 3.63) is 60.3 Å². The average molecular weight is 427 g/mol. The van der Waals surface area contributed by atoms with Crippen LogP contribution in [0.2, 0.25) is 0 Å². The monoisotopic (exact) mass is 427 g/mol. The Morgan fingerprint density at radius 2 is 2.03 bits per heavy atom. The van der Waals surface area contributed by atoms with Crippen LogP contribution in [0.5, 0.6) is 5.75 Å². The lowest BCUT2D eigenvalue weighted by molar-refractivity contribution is 0.469. The van der Waals surface area contributed by atoms with Gasteiger partial charge in [0.1, 0.15) is 17.3 Å². The molecule has 6 rings (SSSR count). The van der Waals surface area contributed by atoms with Gasteiger partial charge < -0.3 is 15.4 Å². The molecule has 0 aliphatic carbocycles. The van der Waals surface area contributed by atoms with Crippen molar-refractivity contribution in [2.24, 2.45) is 0 Å². The first-order chi connectivity index (χ1) is 15.7. The fraction of sp³-hybridized carbons (Fsp3) is 0.130. The van der Waals surface area contributed by atoms with Crippen molar-refractivity contribution in [3.63, 3.8) is 0 Å². The van der Waals surface area contributed by atoms with Crippen LogP contribution in [0.3, 0.4) is 0 Å². The van der Waals surface area contributed by atoms with Crippen LogP contribution < -0.4 is 5.32 Å². The van der Waals surface area contributed by atoms with E-state index in [4.69, 9.17) is 0 Å². The molecule has 9 heteroatoms. The van der Waals surface area contributed by atoms with E-state index in [1.807, 2.05) is 6.07 Å². The van der Waals surface area contributed by atoms with E-state index in [0.717, 1.165) is 42.2 Å². The Labute approximate surface area is 181 Å². The highest BCUT2D eigenvalue weighted by atomic mass is 19.1. The zero-order valence-corrected chi connectivity index (χ0v) is 16.9. The third-order valence-corrected chi connectivity index (χ3v) is 5.65. The maximum atomic E-state index is 13.9. The van der Waals surface area contributed by atoms with E-state index in [0.29, 0.717) is 33.8 Å². The van der Waals surface area contributed by atoms with Gasteiger partial charge in [-0.05, 0) is 48.4 Å². The molecular formula is C23H18FN7O. The lowest BCUT2D eigenvalue weighted by Gasteiger charge is -2.13. The number of H-pyrrole nitrogens is 2. The van der Waals surface area contributed by atoms with Crippen molar-refractivity contribution < 1.29 is 9.50 Å². The Morgan fingerprint density at radius 3 is 2.88 bits per heavy atom. The molecule has 8 nitrogen and oxygen atoms in total. The molecule has 5 heterocycles. The maximum Gasteiger partial charge on any atom is 0.178 e. The van der Waals surface area contributed by atoms with Crippen LogP contribution in [0.1, 0.15) is 12.1 Å². The molecule has 0 fully saturated rings. The highest BCUT2D eigenvalue weighted by Crippen LogP contribution is 2.33. The number of fused-ring (bicyclic) bond motifs is 2. The number of imidazole rings is 1. The molecule has 32 heavy (non-hydrogen) atoms. The molecule has 0 radical (unpaired) electrons. The predicted molar refractivity (Wildman–Crippen MR) is 119 cm³/mol. The number of phenols is 1. The summed E-state index contributed by atoms with van der Waals surface area (Å²) < 4.78 is 13.9. The van der Waals surface area contributed by atoms with Gasteiger partial charge in [0.15, 0.2) is 11.5 Å². The third-order valence-electron chi connectivity index (χ3n) is 5.65. The lowest BCUT2D eigenvalue weighted by Crippen LogP contribution is -2.20. The Morgan fingerprint density at radius 1 is 1.09 bits per heavy atom. The second kappa shape index (κ2) is 7.24. The van der Waals surface area contributed by atoms with Crippen molar-refractivity contribution in [1.82, 2.24) is 35.5 Å². The Hall–Kier alpha value is -4.11. The number of rotatable bonds is 3. The molecule has 1 aliphatic rings. The number of aromatic amines is 2. The highest BCUT2D eigenvalue weighted by Gasteiger charge is 2.18. The minimum atomic E-state index is -0.518. The molecule has 0 amide bonds. The van der Waals surface area contributed by atoms with Gasteiger partial charge in [-0.25, -0.2) is 14.4 Å².